The van der Waals surface area contributed by atoms with Crippen LogP contribution in [-0.4, -0.2) is 27.5 Å². The predicted molar refractivity (Wildman–Crippen MR) is 102 cm³/mol. The summed E-state index contributed by atoms with van der Waals surface area (Å²) in [6.07, 6.45) is 8.02. The van der Waals surface area contributed by atoms with Gasteiger partial charge in [-0.3, -0.25) is 4.57 Å². The van der Waals surface area contributed by atoms with Crippen molar-refractivity contribution in [2.24, 2.45) is 0 Å². The second kappa shape index (κ2) is 14.0. The third-order valence-electron chi connectivity index (χ3n) is 3.47. The van der Waals surface area contributed by atoms with Gasteiger partial charge in [0, 0.05) is 0 Å². The minimum absolute atomic E-state index is 0.0838. The van der Waals surface area contributed by atoms with Crippen LogP contribution < -0.4 is 0 Å². The van der Waals surface area contributed by atoms with E-state index < -0.39 is 24.2 Å². The van der Waals surface area contributed by atoms with Gasteiger partial charge < -0.3 is 13.6 Å². The Bertz CT molecular complexity index is 420. The van der Waals surface area contributed by atoms with E-state index >= 15 is 0 Å². The minimum Gasteiger partial charge on any atom is -0.306 e. The Morgan fingerprint density at radius 3 is 1.71 bits per heavy atom. The Morgan fingerprint density at radius 2 is 1.38 bits per heavy atom. The highest BCUT2D eigenvalue weighted by Crippen LogP contribution is 2.49. The SMILES string of the molecule is C=C(CCCCC)COP(=O)(CS(=O)O)OCC(=C)CCCCC. The molecule has 0 spiro atoms. The van der Waals surface area contributed by atoms with E-state index in [4.69, 9.17) is 13.6 Å². The summed E-state index contributed by atoms with van der Waals surface area (Å²) in [5.41, 5.74) is 1.10. The third-order valence-corrected chi connectivity index (χ3v) is 6.66. The maximum atomic E-state index is 12.6. The van der Waals surface area contributed by atoms with Crippen LogP contribution in [-0.2, 0) is 24.7 Å². The van der Waals surface area contributed by atoms with E-state index in [0.717, 1.165) is 62.5 Å². The molecule has 0 aromatic rings. The van der Waals surface area contributed by atoms with Crippen LogP contribution in [0.1, 0.15) is 65.2 Å². The number of hydrogen-bond acceptors (Lipinski definition) is 4. The molecule has 0 aromatic heterocycles. The number of hydrogen-bond donors (Lipinski definition) is 1. The van der Waals surface area contributed by atoms with Crippen LogP contribution in [0.25, 0.3) is 0 Å². The van der Waals surface area contributed by atoms with Crippen LogP contribution in [0, 0.1) is 0 Å². The molecule has 0 heterocycles. The molecular formula is C17H33O5PS. The molecule has 142 valence electrons. The van der Waals surface area contributed by atoms with Gasteiger partial charge in [0.25, 0.3) is 0 Å². The van der Waals surface area contributed by atoms with Crippen LogP contribution >= 0.6 is 7.60 Å². The van der Waals surface area contributed by atoms with E-state index in [1.165, 1.54) is 0 Å². The van der Waals surface area contributed by atoms with E-state index in [0.29, 0.717) is 0 Å². The van der Waals surface area contributed by atoms with Gasteiger partial charge in [-0.1, -0.05) is 63.8 Å². The second-order valence-corrected chi connectivity index (χ2v) is 9.44. The monoisotopic (exact) mass is 380 g/mol. The molecule has 5 nitrogen and oxygen atoms in total. The van der Waals surface area contributed by atoms with E-state index in [2.05, 4.69) is 27.0 Å². The van der Waals surface area contributed by atoms with E-state index in [1.807, 2.05) is 0 Å². The molecule has 1 N–H and O–H groups in total. The zero-order valence-corrected chi connectivity index (χ0v) is 16.8. The quantitative estimate of drug-likeness (QED) is 0.162. The molecule has 1 atom stereocenters. The standard InChI is InChI=1S/C17H33O5PS/c1-5-7-9-11-16(3)13-21-23(18,15-24(19)20)22-14-17(4)12-10-8-6-2/h3-15H2,1-2H3,(H,19,20). The summed E-state index contributed by atoms with van der Waals surface area (Å²) in [4.78, 5) is 0. The molecule has 0 bridgehead atoms. The van der Waals surface area contributed by atoms with Gasteiger partial charge in [0.2, 0.25) is 0 Å². The Kier molecular flexibility index (Phi) is 13.8. The molecule has 24 heavy (non-hydrogen) atoms. The Balaban J connectivity index is 4.39. The van der Waals surface area contributed by atoms with Crippen molar-refractivity contribution in [2.75, 3.05) is 18.7 Å². The molecule has 0 rings (SSSR count). The summed E-state index contributed by atoms with van der Waals surface area (Å²) in [6, 6.07) is 0. The number of rotatable bonds is 16. The van der Waals surface area contributed by atoms with Crippen molar-refractivity contribution in [3.8, 4) is 0 Å². The van der Waals surface area contributed by atoms with Gasteiger partial charge in [-0.05, 0) is 25.7 Å². The average molecular weight is 380 g/mol. The summed E-state index contributed by atoms with van der Waals surface area (Å²) in [5, 5.41) is 0. The van der Waals surface area contributed by atoms with Crippen LogP contribution in [0.15, 0.2) is 24.3 Å². The Morgan fingerprint density at radius 1 is 0.958 bits per heavy atom. The molecule has 0 saturated heterocycles. The average Bonchev–Trinajstić information content (AvgIpc) is 2.51. The Labute approximate surface area is 149 Å². The lowest BCUT2D eigenvalue weighted by molar-refractivity contribution is 0.230. The first-order valence-electron chi connectivity index (χ1n) is 8.61. The fraction of sp³-hybridized carbons (Fsp3) is 0.765. The summed E-state index contributed by atoms with van der Waals surface area (Å²) >= 11 is -2.25. The van der Waals surface area contributed by atoms with Gasteiger partial charge >= 0.3 is 7.60 Å². The van der Waals surface area contributed by atoms with Crippen molar-refractivity contribution in [1.82, 2.24) is 0 Å². The van der Waals surface area contributed by atoms with Crippen LogP contribution in [0.4, 0.5) is 0 Å². The second-order valence-electron chi connectivity index (χ2n) is 6.02. The molecular weight excluding hydrogens is 347 g/mol. The smallest absolute Gasteiger partial charge is 0.306 e. The van der Waals surface area contributed by atoms with Gasteiger partial charge in [-0.15, -0.1) is 0 Å². The van der Waals surface area contributed by atoms with Gasteiger partial charge in [-0.2, -0.15) is 0 Å². The lowest BCUT2D eigenvalue weighted by Gasteiger charge is -2.18. The lowest BCUT2D eigenvalue weighted by atomic mass is 10.1. The van der Waals surface area contributed by atoms with Gasteiger partial charge in [0.1, 0.15) is 0 Å². The lowest BCUT2D eigenvalue weighted by Crippen LogP contribution is -2.08. The van der Waals surface area contributed by atoms with E-state index in [-0.39, 0.29) is 13.2 Å². The van der Waals surface area contributed by atoms with Crippen molar-refractivity contribution >= 4 is 18.7 Å². The van der Waals surface area contributed by atoms with Crippen LogP contribution in [0.3, 0.4) is 0 Å². The third kappa shape index (κ3) is 13.1. The zero-order valence-electron chi connectivity index (χ0n) is 15.1. The maximum Gasteiger partial charge on any atom is 0.346 e. The normalized spacial score (nSPS) is 13.0. The molecule has 0 aliphatic rings. The van der Waals surface area contributed by atoms with Crippen molar-refractivity contribution < 1.29 is 22.4 Å². The van der Waals surface area contributed by atoms with Crippen molar-refractivity contribution in [1.29, 1.82) is 0 Å². The molecule has 0 radical (unpaired) electrons. The molecule has 0 amide bonds. The molecule has 0 saturated carbocycles. The summed E-state index contributed by atoms with van der Waals surface area (Å²) in [5.74, 6) is 0. The molecule has 0 fully saturated rings. The molecule has 0 aromatic carbocycles. The summed E-state index contributed by atoms with van der Waals surface area (Å²) in [7, 11) is -3.63. The summed E-state index contributed by atoms with van der Waals surface area (Å²) < 4.78 is 43.4. The van der Waals surface area contributed by atoms with E-state index in [9.17, 15) is 8.77 Å². The fourth-order valence-electron chi connectivity index (χ4n) is 2.02. The van der Waals surface area contributed by atoms with Crippen LogP contribution in [0.5, 0.6) is 0 Å². The zero-order chi connectivity index (χ0) is 18.4. The maximum absolute atomic E-state index is 12.6. The van der Waals surface area contributed by atoms with Crippen molar-refractivity contribution in [3.63, 3.8) is 0 Å². The van der Waals surface area contributed by atoms with Gasteiger partial charge in [-0.25, -0.2) is 4.21 Å². The Hall–Kier alpha value is -0.260. The topological polar surface area (TPSA) is 72.8 Å². The van der Waals surface area contributed by atoms with Crippen molar-refractivity contribution in [3.05, 3.63) is 24.3 Å². The van der Waals surface area contributed by atoms with Crippen LogP contribution in [0.2, 0.25) is 0 Å². The number of unbranched alkanes of at least 4 members (excludes halogenated alkanes) is 4. The highest BCUT2D eigenvalue weighted by Gasteiger charge is 2.28. The first-order chi connectivity index (χ1) is 11.3. The fourth-order valence-corrected chi connectivity index (χ4v) is 4.53. The highest BCUT2D eigenvalue weighted by molar-refractivity contribution is 7.87. The van der Waals surface area contributed by atoms with Crippen molar-refractivity contribution in [2.45, 2.75) is 65.2 Å². The molecule has 1 unspecified atom stereocenters. The predicted octanol–water partition coefficient (Wildman–Crippen LogP) is 5.66. The first-order valence-corrected chi connectivity index (χ1v) is 11.6. The molecule has 7 heteroatoms. The largest absolute Gasteiger partial charge is 0.346 e. The molecule has 0 aliphatic heterocycles. The highest BCUT2D eigenvalue weighted by atomic mass is 32.2. The summed E-state index contributed by atoms with van der Waals surface area (Å²) in [6.45, 7) is 12.2. The molecule has 0 aliphatic carbocycles. The minimum atomic E-state index is -3.63. The van der Waals surface area contributed by atoms with Gasteiger partial charge in [0.15, 0.2) is 16.6 Å². The first kappa shape index (κ1) is 23.7. The van der Waals surface area contributed by atoms with Gasteiger partial charge in [0.05, 0.1) is 13.2 Å². The van der Waals surface area contributed by atoms with E-state index in [1.54, 1.807) is 0 Å².